The maximum Gasteiger partial charge on any atom is 0.508 e. The standard InChI is InChI=1S/C18H26O3/c1-5-13-20-17(19)21-14-9-11-15-10-7-8-12-16(15)18(3,4)6-2/h5,7-8,10,12H,1,6,9,11,13-14H2,2-4H3. The Balaban J connectivity index is 2.49. The third-order valence-electron chi connectivity index (χ3n) is 3.76. The molecule has 0 aliphatic carbocycles. The van der Waals surface area contributed by atoms with E-state index in [9.17, 15) is 4.79 Å². The van der Waals surface area contributed by atoms with Crippen LogP contribution in [0.15, 0.2) is 36.9 Å². The highest BCUT2D eigenvalue weighted by atomic mass is 16.7. The van der Waals surface area contributed by atoms with E-state index < -0.39 is 6.16 Å². The van der Waals surface area contributed by atoms with Gasteiger partial charge < -0.3 is 9.47 Å². The van der Waals surface area contributed by atoms with Gasteiger partial charge in [0.15, 0.2) is 0 Å². The predicted octanol–water partition coefficient (Wildman–Crippen LogP) is 4.65. The molecule has 0 saturated carbocycles. The van der Waals surface area contributed by atoms with E-state index in [-0.39, 0.29) is 12.0 Å². The minimum Gasteiger partial charge on any atom is -0.434 e. The van der Waals surface area contributed by atoms with Crippen molar-refractivity contribution >= 4 is 6.16 Å². The molecule has 3 heteroatoms. The summed E-state index contributed by atoms with van der Waals surface area (Å²) in [5.41, 5.74) is 2.87. The second-order valence-corrected chi connectivity index (χ2v) is 5.70. The van der Waals surface area contributed by atoms with E-state index in [0.717, 1.165) is 19.3 Å². The third-order valence-corrected chi connectivity index (χ3v) is 3.76. The highest BCUT2D eigenvalue weighted by Crippen LogP contribution is 2.30. The first-order chi connectivity index (χ1) is 10.0. The van der Waals surface area contributed by atoms with E-state index in [1.807, 2.05) is 0 Å². The van der Waals surface area contributed by atoms with Gasteiger partial charge in [0.05, 0.1) is 6.61 Å². The molecule has 1 aromatic rings. The van der Waals surface area contributed by atoms with Gasteiger partial charge in [0.25, 0.3) is 0 Å². The lowest BCUT2D eigenvalue weighted by Crippen LogP contribution is -2.18. The van der Waals surface area contributed by atoms with Crippen LogP contribution in [0, 0.1) is 0 Å². The minimum atomic E-state index is -0.628. The van der Waals surface area contributed by atoms with Gasteiger partial charge in [0.2, 0.25) is 0 Å². The predicted molar refractivity (Wildman–Crippen MR) is 85.6 cm³/mol. The van der Waals surface area contributed by atoms with Gasteiger partial charge in [-0.25, -0.2) is 4.79 Å². The monoisotopic (exact) mass is 290 g/mol. The van der Waals surface area contributed by atoms with Crippen LogP contribution in [0.3, 0.4) is 0 Å². The normalized spacial score (nSPS) is 11.0. The Morgan fingerprint density at radius 3 is 2.67 bits per heavy atom. The Morgan fingerprint density at radius 2 is 2.00 bits per heavy atom. The fraction of sp³-hybridized carbons (Fsp3) is 0.500. The molecule has 3 nitrogen and oxygen atoms in total. The number of hydrogen-bond donors (Lipinski definition) is 0. The van der Waals surface area contributed by atoms with Gasteiger partial charge in [-0.3, -0.25) is 0 Å². The van der Waals surface area contributed by atoms with Crippen LogP contribution in [0.2, 0.25) is 0 Å². The Kier molecular flexibility index (Phi) is 7.00. The van der Waals surface area contributed by atoms with E-state index in [1.54, 1.807) is 0 Å². The first-order valence-electron chi connectivity index (χ1n) is 7.50. The molecular weight excluding hydrogens is 264 g/mol. The molecule has 0 fully saturated rings. The lowest BCUT2D eigenvalue weighted by Gasteiger charge is -2.26. The molecule has 0 atom stereocenters. The zero-order valence-corrected chi connectivity index (χ0v) is 13.4. The number of carbonyl (C=O) groups excluding carboxylic acids is 1. The van der Waals surface area contributed by atoms with Gasteiger partial charge in [0.1, 0.15) is 6.61 Å². The molecule has 116 valence electrons. The van der Waals surface area contributed by atoms with Crippen LogP contribution < -0.4 is 0 Å². The van der Waals surface area contributed by atoms with Crippen molar-refractivity contribution in [3.8, 4) is 0 Å². The first-order valence-corrected chi connectivity index (χ1v) is 7.50. The van der Waals surface area contributed by atoms with Crippen LogP contribution in [0.25, 0.3) is 0 Å². The van der Waals surface area contributed by atoms with E-state index in [2.05, 4.69) is 51.6 Å². The van der Waals surface area contributed by atoms with Crippen molar-refractivity contribution in [1.82, 2.24) is 0 Å². The number of hydrogen-bond acceptors (Lipinski definition) is 3. The largest absolute Gasteiger partial charge is 0.508 e. The highest BCUT2D eigenvalue weighted by molar-refractivity contribution is 5.59. The van der Waals surface area contributed by atoms with Gasteiger partial charge in [-0.15, -0.1) is 0 Å². The summed E-state index contributed by atoms with van der Waals surface area (Å²) in [5, 5.41) is 0. The fourth-order valence-electron chi connectivity index (χ4n) is 2.18. The molecule has 0 radical (unpaired) electrons. The van der Waals surface area contributed by atoms with Crippen molar-refractivity contribution in [2.45, 2.75) is 45.4 Å². The van der Waals surface area contributed by atoms with Crippen LogP contribution in [0.5, 0.6) is 0 Å². The molecule has 1 aromatic carbocycles. The zero-order valence-electron chi connectivity index (χ0n) is 13.4. The topological polar surface area (TPSA) is 35.5 Å². The summed E-state index contributed by atoms with van der Waals surface area (Å²) < 4.78 is 9.77. The molecular formula is C18H26O3. The van der Waals surface area contributed by atoms with Crippen molar-refractivity contribution in [1.29, 1.82) is 0 Å². The second kappa shape index (κ2) is 8.50. The molecule has 0 aromatic heterocycles. The van der Waals surface area contributed by atoms with E-state index >= 15 is 0 Å². The molecule has 0 aliphatic rings. The van der Waals surface area contributed by atoms with Gasteiger partial charge >= 0.3 is 6.16 Å². The Hall–Kier alpha value is -1.77. The first kappa shape index (κ1) is 17.3. The van der Waals surface area contributed by atoms with E-state index in [4.69, 9.17) is 9.47 Å². The van der Waals surface area contributed by atoms with Gasteiger partial charge in [-0.05, 0) is 35.8 Å². The van der Waals surface area contributed by atoms with Crippen molar-refractivity contribution in [3.05, 3.63) is 48.0 Å². The molecule has 0 bridgehead atoms. The Labute approximate surface area is 128 Å². The van der Waals surface area contributed by atoms with E-state index in [1.165, 1.54) is 17.2 Å². The Bertz CT molecular complexity index is 463. The fourth-order valence-corrected chi connectivity index (χ4v) is 2.18. The van der Waals surface area contributed by atoms with Crippen molar-refractivity contribution < 1.29 is 14.3 Å². The molecule has 0 unspecified atom stereocenters. The van der Waals surface area contributed by atoms with Crippen molar-refractivity contribution in [2.75, 3.05) is 13.2 Å². The van der Waals surface area contributed by atoms with Crippen LogP contribution in [0.1, 0.15) is 44.7 Å². The molecule has 0 heterocycles. The summed E-state index contributed by atoms with van der Waals surface area (Å²) in [5.74, 6) is 0. The number of rotatable bonds is 8. The number of carbonyl (C=O) groups is 1. The second-order valence-electron chi connectivity index (χ2n) is 5.70. The number of ether oxygens (including phenoxy) is 2. The van der Waals surface area contributed by atoms with Gasteiger partial charge in [0, 0.05) is 0 Å². The third kappa shape index (κ3) is 5.62. The molecule has 0 saturated heterocycles. The maximum absolute atomic E-state index is 11.2. The van der Waals surface area contributed by atoms with Crippen molar-refractivity contribution in [2.24, 2.45) is 0 Å². The number of benzene rings is 1. The lowest BCUT2D eigenvalue weighted by molar-refractivity contribution is 0.0625. The van der Waals surface area contributed by atoms with Crippen molar-refractivity contribution in [3.63, 3.8) is 0 Å². The molecule has 0 spiro atoms. The van der Waals surface area contributed by atoms with Crippen LogP contribution in [-0.2, 0) is 21.3 Å². The average molecular weight is 290 g/mol. The number of aryl methyl sites for hydroxylation is 1. The van der Waals surface area contributed by atoms with Crippen LogP contribution >= 0.6 is 0 Å². The summed E-state index contributed by atoms with van der Waals surface area (Å²) >= 11 is 0. The molecule has 0 N–H and O–H groups in total. The summed E-state index contributed by atoms with van der Waals surface area (Å²) in [6, 6.07) is 8.49. The smallest absolute Gasteiger partial charge is 0.434 e. The van der Waals surface area contributed by atoms with Crippen LogP contribution in [0.4, 0.5) is 4.79 Å². The Morgan fingerprint density at radius 1 is 1.29 bits per heavy atom. The van der Waals surface area contributed by atoms with Gasteiger partial charge in [-0.2, -0.15) is 0 Å². The lowest BCUT2D eigenvalue weighted by atomic mass is 9.79. The quantitative estimate of drug-likeness (QED) is 0.397. The maximum atomic E-state index is 11.2. The highest BCUT2D eigenvalue weighted by Gasteiger charge is 2.20. The summed E-state index contributed by atoms with van der Waals surface area (Å²) in [6.45, 7) is 10.8. The van der Waals surface area contributed by atoms with Gasteiger partial charge in [-0.1, -0.05) is 57.7 Å². The zero-order chi connectivity index (χ0) is 15.7. The van der Waals surface area contributed by atoms with E-state index in [0.29, 0.717) is 6.61 Å². The minimum absolute atomic E-state index is 0.167. The van der Waals surface area contributed by atoms with Crippen LogP contribution in [-0.4, -0.2) is 19.4 Å². The molecule has 0 amide bonds. The summed E-state index contributed by atoms with van der Waals surface area (Å²) in [7, 11) is 0. The average Bonchev–Trinajstić information content (AvgIpc) is 2.49. The molecule has 21 heavy (non-hydrogen) atoms. The molecule has 0 aliphatic heterocycles. The summed E-state index contributed by atoms with van der Waals surface area (Å²) in [6.07, 6.45) is 3.67. The SMILES string of the molecule is C=CCOC(=O)OCCCc1ccccc1C(C)(C)CC. The summed E-state index contributed by atoms with van der Waals surface area (Å²) in [4.78, 5) is 11.2. The molecule has 1 rings (SSSR count).